The first-order chi connectivity index (χ1) is 8.99. The third-order valence-electron chi connectivity index (χ3n) is 4.15. The van der Waals surface area contributed by atoms with Crippen LogP contribution in [0.1, 0.15) is 38.7 Å². The molecule has 3 rings (SSSR count). The molecule has 1 heterocycles. The van der Waals surface area contributed by atoms with Crippen molar-refractivity contribution in [3.8, 4) is 0 Å². The monoisotopic (exact) mass is 260 g/mol. The van der Waals surface area contributed by atoms with Gasteiger partial charge in [-0.25, -0.2) is 0 Å². The molecule has 0 amide bonds. The van der Waals surface area contributed by atoms with E-state index >= 15 is 0 Å². The van der Waals surface area contributed by atoms with E-state index in [4.69, 9.17) is 9.31 Å². The third-order valence-corrected chi connectivity index (χ3v) is 4.15. The highest BCUT2D eigenvalue weighted by Crippen LogP contribution is 2.40. The van der Waals surface area contributed by atoms with Crippen molar-refractivity contribution in [3.05, 3.63) is 29.8 Å². The van der Waals surface area contributed by atoms with Gasteiger partial charge in [-0.2, -0.15) is 0 Å². The molecule has 19 heavy (non-hydrogen) atoms. The lowest BCUT2D eigenvalue weighted by Gasteiger charge is -2.37. The summed E-state index contributed by atoms with van der Waals surface area (Å²) in [6.45, 7) is 5.70. The Kier molecular flexibility index (Phi) is 3.20. The zero-order valence-electron chi connectivity index (χ0n) is 11.7. The quantitative estimate of drug-likeness (QED) is 0.824. The van der Waals surface area contributed by atoms with Gasteiger partial charge in [0.1, 0.15) is 0 Å². The lowest BCUT2D eigenvalue weighted by atomic mass is 9.72. The van der Waals surface area contributed by atoms with Gasteiger partial charge in [-0.15, -0.1) is 0 Å². The molecule has 4 heteroatoms. The van der Waals surface area contributed by atoms with Crippen molar-refractivity contribution in [1.29, 1.82) is 0 Å². The van der Waals surface area contributed by atoms with E-state index in [0.29, 0.717) is 13.2 Å². The van der Waals surface area contributed by atoms with E-state index in [1.165, 1.54) is 0 Å². The minimum absolute atomic E-state index is 0.0948. The molecule has 0 radical (unpaired) electrons. The highest BCUT2D eigenvalue weighted by Gasteiger charge is 2.37. The summed E-state index contributed by atoms with van der Waals surface area (Å²) in [6, 6.07) is 8.02. The molecule has 0 atom stereocenters. The highest BCUT2D eigenvalue weighted by molar-refractivity contribution is 6.61. The van der Waals surface area contributed by atoms with Gasteiger partial charge in [-0.05, 0) is 30.3 Å². The molecule has 102 valence electrons. The van der Waals surface area contributed by atoms with Crippen LogP contribution in [0.5, 0.6) is 0 Å². The second-order valence-electron chi connectivity index (χ2n) is 6.63. The maximum atomic E-state index is 10.3. The standard InChI is InChI=1S/C15H21BO3/c1-14(2)10-18-16(19-11-14)13-6-4-12(5-7-13)15(17)8-3-9-15/h4-7,17H,3,8-11H2,1-2H3. The van der Waals surface area contributed by atoms with Crippen molar-refractivity contribution in [3.63, 3.8) is 0 Å². The fourth-order valence-electron chi connectivity index (χ4n) is 2.64. The van der Waals surface area contributed by atoms with Gasteiger partial charge in [0.25, 0.3) is 0 Å². The predicted molar refractivity (Wildman–Crippen MR) is 75.3 cm³/mol. The molecule has 0 aromatic heterocycles. The van der Waals surface area contributed by atoms with E-state index in [1.807, 2.05) is 24.3 Å². The van der Waals surface area contributed by atoms with Gasteiger partial charge in [0.15, 0.2) is 0 Å². The Balaban J connectivity index is 1.69. The van der Waals surface area contributed by atoms with Crippen LogP contribution in [0.3, 0.4) is 0 Å². The highest BCUT2D eigenvalue weighted by atomic mass is 16.6. The topological polar surface area (TPSA) is 38.7 Å². The first-order valence-corrected chi connectivity index (χ1v) is 7.05. The van der Waals surface area contributed by atoms with Crippen molar-refractivity contribution >= 4 is 12.6 Å². The molecule has 1 aliphatic heterocycles. The lowest BCUT2D eigenvalue weighted by molar-refractivity contribution is -0.0387. The van der Waals surface area contributed by atoms with Gasteiger partial charge in [0.2, 0.25) is 0 Å². The van der Waals surface area contributed by atoms with Gasteiger partial charge in [-0.1, -0.05) is 38.1 Å². The average molecular weight is 260 g/mol. The molecule has 1 aromatic carbocycles. The zero-order chi connectivity index (χ0) is 13.5. The Labute approximate surface area is 115 Å². The zero-order valence-corrected chi connectivity index (χ0v) is 11.7. The Morgan fingerprint density at radius 2 is 1.63 bits per heavy atom. The molecule has 2 fully saturated rings. The van der Waals surface area contributed by atoms with Crippen LogP contribution in [0.4, 0.5) is 0 Å². The summed E-state index contributed by atoms with van der Waals surface area (Å²) >= 11 is 0. The summed E-state index contributed by atoms with van der Waals surface area (Å²) in [5.41, 5.74) is 1.55. The number of rotatable bonds is 2. The first-order valence-electron chi connectivity index (χ1n) is 7.05. The summed E-state index contributed by atoms with van der Waals surface area (Å²) in [4.78, 5) is 0. The Morgan fingerprint density at radius 3 is 2.11 bits per heavy atom. The van der Waals surface area contributed by atoms with Crippen LogP contribution in [0.25, 0.3) is 0 Å². The second kappa shape index (κ2) is 4.62. The molecule has 1 aromatic rings. The minimum atomic E-state index is -0.588. The second-order valence-corrected chi connectivity index (χ2v) is 6.63. The van der Waals surface area contributed by atoms with E-state index in [1.54, 1.807) is 0 Å². The number of hydrogen-bond donors (Lipinski definition) is 1. The van der Waals surface area contributed by atoms with Crippen LogP contribution in [0, 0.1) is 5.41 Å². The van der Waals surface area contributed by atoms with Crippen molar-refractivity contribution in [2.75, 3.05) is 13.2 Å². The maximum absolute atomic E-state index is 10.3. The molecular weight excluding hydrogens is 239 g/mol. The minimum Gasteiger partial charge on any atom is -0.407 e. The van der Waals surface area contributed by atoms with Gasteiger partial charge in [0.05, 0.1) is 5.60 Å². The number of hydrogen-bond acceptors (Lipinski definition) is 3. The van der Waals surface area contributed by atoms with Gasteiger partial charge in [-0.3, -0.25) is 0 Å². The summed E-state index contributed by atoms with van der Waals surface area (Å²) in [6.07, 6.45) is 2.86. The van der Waals surface area contributed by atoms with E-state index in [9.17, 15) is 5.11 Å². The fraction of sp³-hybridized carbons (Fsp3) is 0.600. The molecule has 3 nitrogen and oxygen atoms in total. The van der Waals surface area contributed by atoms with Crippen LogP contribution in [0.15, 0.2) is 24.3 Å². The average Bonchev–Trinajstić information content (AvgIpc) is 2.36. The Morgan fingerprint density at radius 1 is 1.05 bits per heavy atom. The van der Waals surface area contributed by atoms with E-state index in [2.05, 4.69) is 13.8 Å². The molecule has 0 bridgehead atoms. The summed E-state index contributed by atoms with van der Waals surface area (Å²) < 4.78 is 11.5. The van der Waals surface area contributed by atoms with Crippen molar-refractivity contribution in [2.24, 2.45) is 5.41 Å². The van der Waals surface area contributed by atoms with Crippen LogP contribution in [-0.2, 0) is 14.9 Å². The normalized spacial score (nSPS) is 24.9. The van der Waals surface area contributed by atoms with Crippen molar-refractivity contribution in [2.45, 2.75) is 38.7 Å². The van der Waals surface area contributed by atoms with Gasteiger partial charge >= 0.3 is 7.12 Å². The first kappa shape index (κ1) is 13.2. The van der Waals surface area contributed by atoms with Crippen LogP contribution in [-0.4, -0.2) is 25.4 Å². The predicted octanol–water partition coefficient (Wildman–Crippen LogP) is 1.83. The Hall–Kier alpha value is -0.835. The van der Waals surface area contributed by atoms with E-state index in [0.717, 1.165) is 30.3 Å². The summed E-state index contributed by atoms with van der Waals surface area (Å²) in [7, 11) is -0.266. The van der Waals surface area contributed by atoms with Gasteiger partial charge < -0.3 is 14.4 Å². The van der Waals surface area contributed by atoms with Crippen molar-refractivity contribution in [1.82, 2.24) is 0 Å². The fourth-order valence-corrected chi connectivity index (χ4v) is 2.64. The van der Waals surface area contributed by atoms with E-state index in [-0.39, 0.29) is 12.5 Å². The molecule has 1 saturated carbocycles. The molecule has 1 aliphatic carbocycles. The molecule has 1 N–H and O–H groups in total. The molecule has 1 saturated heterocycles. The molecule has 2 aliphatic rings. The van der Waals surface area contributed by atoms with Gasteiger partial charge in [0, 0.05) is 18.6 Å². The SMILES string of the molecule is CC1(C)COB(c2ccc(C3(O)CCC3)cc2)OC1. The third kappa shape index (κ3) is 2.57. The molecule has 0 spiro atoms. The van der Waals surface area contributed by atoms with Crippen LogP contribution < -0.4 is 5.46 Å². The summed E-state index contributed by atoms with van der Waals surface area (Å²) in [5, 5.41) is 10.3. The summed E-state index contributed by atoms with van der Waals surface area (Å²) in [5.74, 6) is 0. The smallest absolute Gasteiger partial charge is 0.407 e. The maximum Gasteiger partial charge on any atom is 0.493 e. The number of aliphatic hydroxyl groups is 1. The van der Waals surface area contributed by atoms with Crippen LogP contribution in [0.2, 0.25) is 0 Å². The lowest BCUT2D eigenvalue weighted by Crippen LogP contribution is -2.47. The molecule has 0 unspecified atom stereocenters. The van der Waals surface area contributed by atoms with Crippen LogP contribution >= 0.6 is 0 Å². The van der Waals surface area contributed by atoms with E-state index < -0.39 is 5.60 Å². The largest absolute Gasteiger partial charge is 0.493 e. The Bertz CT molecular complexity index is 441. The molecular formula is C15H21BO3. The van der Waals surface area contributed by atoms with Crippen molar-refractivity contribution < 1.29 is 14.4 Å². The number of benzene rings is 1.